The maximum absolute atomic E-state index is 8.96. The summed E-state index contributed by atoms with van der Waals surface area (Å²) in [6, 6.07) is 0. The van der Waals surface area contributed by atoms with Gasteiger partial charge in [-0.25, -0.2) is 0 Å². The quantitative estimate of drug-likeness (QED) is 0.739. The van der Waals surface area contributed by atoms with E-state index in [2.05, 4.69) is 15.5 Å². The van der Waals surface area contributed by atoms with Crippen LogP contribution in [0.15, 0.2) is 0 Å². The lowest BCUT2D eigenvalue weighted by molar-refractivity contribution is 0.189. The van der Waals surface area contributed by atoms with Crippen LogP contribution in [0, 0.1) is 6.92 Å². The summed E-state index contributed by atoms with van der Waals surface area (Å²) in [5, 5.41) is 21.6. The zero-order valence-corrected chi connectivity index (χ0v) is 8.06. The first-order chi connectivity index (χ1) is 5.68. The fraction of sp³-hybridized carbons (Fsp3) is 0.714. The Balaban J connectivity index is 2.24. The molecule has 0 unspecified atom stereocenters. The highest BCUT2D eigenvalue weighted by atomic mass is 32.1. The van der Waals surface area contributed by atoms with Crippen LogP contribution >= 0.6 is 11.3 Å². The Morgan fingerprint density at radius 1 is 1.58 bits per heavy atom. The summed E-state index contributed by atoms with van der Waals surface area (Å²) in [7, 11) is 0. The van der Waals surface area contributed by atoms with Crippen molar-refractivity contribution in [3.05, 3.63) is 5.01 Å². The number of aromatic nitrogens is 2. The van der Waals surface area contributed by atoms with Crippen molar-refractivity contribution in [1.29, 1.82) is 0 Å². The van der Waals surface area contributed by atoms with Crippen molar-refractivity contribution in [2.45, 2.75) is 26.4 Å². The van der Waals surface area contributed by atoms with E-state index in [9.17, 15) is 0 Å². The maximum Gasteiger partial charge on any atom is 0.205 e. The third kappa shape index (κ3) is 3.15. The molecule has 0 spiro atoms. The Morgan fingerprint density at radius 2 is 2.33 bits per heavy atom. The minimum atomic E-state index is -0.258. The molecule has 0 saturated heterocycles. The van der Waals surface area contributed by atoms with E-state index in [0.717, 1.165) is 23.1 Å². The van der Waals surface area contributed by atoms with E-state index >= 15 is 0 Å². The van der Waals surface area contributed by atoms with Crippen LogP contribution in [0.3, 0.4) is 0 Å². The molecule has 0 radical (unpaired) electrons. The molecule has 68 valence electrons. The normalized spacial score (nSPS) is 12.9. The number of aliphatic hydroxyl groups excluding tert-OH is 1. The molecule has 0 aliphatic rings. The molecule has 1 rings (SSSR count). The summed E-state index contributed by atoms with van der Waals surface area (Å²) < 4.78 is 0. The van der Waals surface area contributed by atoms with Gasteiger partial charge in [-0.1, -0.05) is 11.3 Å². The molecule has 12 heavy (non-hydrogen) atoms. The molecule has 0 saturated carbocycles. The van der Waals surface area contributed by atoms with Crippen LogP contribution in [0.4, 0.5) is 5.13 Å². The Bertz CT molecular complexity index is 236. The molecule has 0 fully saturated rings. The van der Waals surface area contributed by atoms with Gasteiger partial charge in [-0.3, -0.25) is 0 Å². The summed E-state index contributed by atoms with van der Waals surface area (Å²) in [6.45, 7) is 4.43. The molecule has 0 aliphatic carbocycles. The first kappa shape index (κ1) is 9.41. The van der Waals surface area contributed by atoms with Gasteiger partial charge in [0.1, 0.15) is 5.01 Å². The second kappa shape index (κ2) is 4.37. The van der Waals surface area contributed by atoms with Gasteiger partial charge in [0.05, 0.1) is 6.10 Å². The minimum absolute atomic E-state index is 0.258. The molecule has 1 aromatic heterocycles. The summed E-state index contributed by atoms with van der Waals surface area (Å²) in [5.74, 6) is 0. The topological polar surface area (TPSA) is 58.0 Å². The van der Waals surface area contributed by atoms with Crippen molar-refractivity contribution in [3.8, 4) is 0 Å². The molecule has 5 heteroatoms. The van der Waals surface area contributed by atoms with Crippen molar-refractivity contribution < 1.29 is 5.11 Å². The van der Waals surface area contributed by atoms with Crippen LogP contribution in [0.1, 0.15) is 18.4 Å². The summed E-state index contributed by atoms with van der Waals surface area (Å²) in [5.41, 5.74) is 0. The second-order valence-electron chi connectivity index (χ2n) is 2.69. The number of anilines is 1. The van der Waals surface area contributed by atoms with E-state index in [4.69, 9.17) is 5.11 Å². The van der Waals surface area contributed by atoms with E-state index in [1.165, 1.54) is 11.3 Å². The van der Waals surface area contributed by atoms with Crippen molar-refractivity contribution in [1.82, 2.24) is 10.2 Å². The lowest BCUT2D eigenvalue weighted by atomic mass is 10.3. The van der Waals surface area contributed by atoms with E-state index in [0.29, 0.717) is 0 Å². The fourth-order valence-corrected chi connectivity index (χ4v) is 1.37. The van der Waals surface area contributed by atoms with Gasteiger partial charge in [-0.05, 0) is 20.3 Å². The highest BCUT2D eigenvalue weighted by molar-refractivity contribution is 7.15. The molecule has 0 aromatic carbocycles. The molecule has 0 aliphatic heterocycles. The van der Waals surface area contributed by atoms with Gasteiger partial charge in [-0.15, -0.1) is 10.2 Å². The molecule has 1 atom stereocenters. The molecule has 0 bridgehead atoms. The van der Waals surface area contributed by atoms with E-state index in [-0.39, 0.29) is 6.10 Å². The highest BCUT2D eigenvalue weighted by Crippen LogP contribution is 2.13. The molecular weight excluding hydrogens is 174 g/mol. The van der Waals surface area contributed by atoms with E-state index < -0.39 is 0 Å². The van der Waals surface area contributed by atoms with Gasteiger partial charge >= 0.3 is 0 Å². The first-order valence-corrected chi connectivity index (χ1v) is 4.72. The van der Waals surface area contributed by atoms with Gasteiger partial charge in [0.15, 0.2) is 0 Å². The van der Waals surface area contributed by atoms with Crippen LogP contribution in [0.5, 0.6) is 0 Å². The lowest BCUT2D eigenvalue weighted by Gasteiger charge is -2.03. The van der Waals surface area contributed by atoms with Gasteiger partial charge in [0.25, 0.3) is 0 Å². The number of hydrogen-bond donors (Lipinski definition) is 2. The van der Waals surface area contributed by atoms with Gasteiger partial charge in [0, 0.05) is 6.54 Å². The molecule has 1 aromatic rings. The Labute approximate surface area is 75.6 Å². The number of rotatable bonds is 4. The van der Waals surface area contributed by atoms with Crippen molar-refractivity contribution in [2.24, 2.45) is 0 Å². The number of aliphatic hydroxyl groups is 1. The molecule has 4 nitrogen and oxygen atoms in total. The van der Waals surface area contributed by atoms with Crippen LogP contribution < -0.4 is 5.32 Å². The third-order valence-electron chi connectivity index (χ3n) is 1.36. The van der Waals surface area contributed by atoms with E-state index in [1.54, 1.807) is 6.92 Å². The molecular formula is C7H13N3OS. The average Bonchev–Trinajstić information content (AvgIpc) is 2.35. The Hall–Kier alpha value is -0.680. The van der Waals surface area contributed by atoms with Gasteiger partial charge < -0.3 is 10.4 Å². The van der Waals surface area contributed by atoms with Crippen molar-refractivity contribution >= 4 is 16.5 Å². The summed E-state index contributed by atoms with van der Waals surface area (Å²) >= 11 is 1.52. The third-order valence-corrected chi connectivity index (χ3v) is 2.16. The van der Waals surface area contributed by atoms with Crippen molar-refractivity contribution in [3.63, 3.8) is 0 Å². The van der Waals surface area contributed by atoms with Crippen LogP contribution in [-0.4, -0.2) is 28.0 Å². The van der Waals surface area contributed by atoms with Gasteiger partial charge in [-0.2, -0.15) is 0 Å². The van der Waals surface area contributed by atoms with Crippen LogP contribution in [0.2, 0.25) is 0 Å². The predicted octanol–water partition coefficient (Wildman–Crippen LogP) is 1.03. The Morgan fingerprint density at radius 3 is 2.83 bits per heavy atom. The zero-order chi connectivity index (χ0) is 8.97. The smallest absolute Gasteiger partial charge is 0.205 e. The molecule has 1 heterocycles. The monoisotopic (exact) mass is 187 g/mol. The second-order valence-corrected chi connectivity index (χ2v) is 3.87. The summed E-state index contributed by atoms with van der Waals surface area (Å²) in [6.07, 6.45) is 0.477. The van der Waals surface area contributed by atoms with Crippen LogP contribution in [0.25, 0.3) is 0 Å². The first-order valence-electron chi connectivity index (χ1n) is 3.90. The number of nitrogens with zero attached hydrogens (tertiary/aromatic N) is 2. The largest absolute Gasteiger partial charge is 0.393 e. The fourth-order valence-electron chi connectivity index (χ4n) is 0.756. The van der Waals surface area contributed by atoms with Crippen molar-refractivity contribution in [2.75, 3.05) is 11.9 Å². The van der Waals surface area contributed by atoms with Gasteiger partial charge in [0.2, 0.25) is 5.13 Å². The predicted molar refractivity (Wildman–Crippen MR) is 49.4 cm³/mol. The standard InChI is InChI=1S/C7H13N3OS/c1-5(11)3-4-8-7-10-9-6(2)12-7/h5,11H,3-4H2,1-2H3,(H,8,10)/t5-/m0/s1. The molecule has 0 amide bonds. The highest BCUT2D eigenvalue weighted by Gasteiger charge is 1.99. The van der Waals surface area contributed by atoms with E-state index in [1.807, 2.05) is 6.92 Å². The number of aryl methyl sites for hydroxylation is 1. The average molecular weight is 187 g/mol. The molecule has 2 N–H and O–H groups in total. The minimum Gasteiger partial charge on any atom is -0.393 e. The Kier molecular flexibility index (Phi) is 3.43. The SMILES string of the molecule is Cc1nnc(NCC[C@H](C)O)s1. The van der Waals surface area contributed by atoms with Crippen LogP contribution in [-0.2, 0) is 0 Å². The number of nitrogens with one attached hydrogen (secondary N) is 1. The maximum atomic E-state index is 8.96. The lowest BCUT2D eigenvalue weighted by Crippen LogP contribution is -2.09. The number of hydrogen-bond acceptors (Lipinski definition) is 5. The summed E-state index contributed by atoms with van der Waals surface area (Å²) in [4.78, 5) is 0. The zero-order valence-electron chi connectivity index (χ0n) is 7.24.